The maximum atomic E-state index is 4.96. The van der Waals surface area contributed by atoms with Crippen LogP contribution in [0.1, 0.15) is 0 Å². The molecule has 154 valence electrons. The number of benzene rings is 6. The largest absolute Gasteiger partial charge is 0.150 e. The summed E-state index contributed by atoms with van der Waals surface area (Å²) < 4.78 is 0. The van der Waals surface area contributed by atoms with Crippen molar-refractivity contribution in [3.8, 4) is 16.8 Å². The summed E-state index contributed by atoms with van der Waals surface area (Å²) in [4.78, 5) is 1.78. The first-order valence-electron chi connectivity index (χ1n) is 11.1. The normalized spacial score (nSPS) is 11.6. The van der Waals surface area contributed by atoms with Crippen LogP contribution in [0.2, 0.25) is 0 Å². The third-order valence-electron chi connectivity index (χ3n) is 6.46. The van der Waals surface area contributed by atoms with Gasteiger partial charge in [-0.25, -0.2) is 0 Å². The summed E-state index contributed by atoms with van der Waals surface area (Å²) in [6, 6.07) is 40.3. The van der Waals surface area contributed by atoms with E-state index in [1.165, 1.54) is 32.7 Å². The molecule has 0 aliphatic heterocycles. The standard InChI is InChI=1S/C30H19N3/c1-3-13-22-20(9-1)11-7-17-24(22)27-19-28-30(26-16-6-5-15-25(26)27)32-33(31-28)29-18-8-12-21-10-2-4-14-23(21)29/h1-19H. The number of fused-ring (bicyclic) bond motifs is 5. The Balaban J connectivity index is 1.55. The molecule has 0 bridgehead atoms. The highest BCUT2D eigenvalue weighted by Gasteiger charge is 2.15. The SMILES string of the molecule is c1ccc2c(-c3cc4nn(-c5cccc6ccccc56)nc4c4ccccc34)cccc2c1. The molecule has 7 rings (SSSR count). The molecule has 0 saturated carbocycles. The molecule has 3 nitrogen and oxygen atoms in total. The van der Waals surface area contributed by atoms with E-state index in [4.69, 9.17) is 10.2 Å². The minimum Gasteiger partial charge on any atom is -0.150 e. The minimum absolute atomic E-state index is 0.893. The van der Waals surface area contributed by atoms with Crippen LogP contribution in [0.25, 0.3) is 60.2 Å². The van der Waals surface area contributed by atoms with Gasteiger partial charge >= 0.3 is 0 Å². The molecule has 6 aromatic carbocycles. The average molecular weight is 422 g/mol. The Morgan fingerprint density at radius 2 is 1.06 bits per heavy atom. The van der Waals surface area contributed by atoms with Gasteiger partial charge in [0.15, 0.2) is 0 Å². The lowest BCUT2D eigenvalue weighted by Crippen LogP contribution is -1.99. The van der Waals surface area contributed by atoms with Gasteiger partial charge in [0.25, 0.3) is 0 Å². The summed E-state index contributed by atoms with van der Waals surface area (Å²) >= 11 is 0. The summed E-state index contributed by atoms with van der Waals surface area (Å²) in [5.41, 5.74) is 5.19. The Labute approximate surface area is 190 Å². The minimum atomic E-state index is 0.893. The molecule has 0 radical (unpaired) electrons. The van der Waals surface area contributed by atoms with Crippen LogP contribution in [0.4, 0.5) is 0 Å². The first-order valence-corrected chi connectivity index (χ1v) is 11.1. The van der Waals surface area contributed by atoms with Gasteiger partial charge in [-0.15, -0.1) is 15.0 Å². The van der Waals surface area contributed by atoms with E-state index >= 15 is 0 Å². The van der Waals surface area contributed by atoms with Gasteiger partial charge in [-0.2, -0.15) is 0 Å². The van der Waals surface area contributed by atoms with Crippen LogP contribution in [-0.2, 0) is 0 Å². The van der Waals surface area contributed by atoms with Crippen molar-refractivity contribution in [1.82, 2.24) is 15.0 Å². The summed E-state index contributed by atoms with van der Waals surface area (Å²) in [5.74, 6) is 0. The van der Waals surface area contributed by atoms with E-state index in [-0.39, 0.29) is 0 Å². The van der Waals surface area contributed by atoms with Crippen LogP contribution >= 0.6 is 0 Å². The molecule has 1 aromatic heterocycles. The van der Waals surface area contributed by atoms with Crippen molar-refractivity contribution < 1.29 is 0 Å². The highest BCUT2D eigenvalue weighted by molar-refractivity contribution is 6.14. The summed E-state index contributed by atoms with van der Waals surface area (Å²) in [6.07, 6.45) is 0. The molecule has 0 unspecified atom stereocenters. The summed E-state index contributed by atoms with van der Waals surface area (Å²) in [7, 11) is 0. The number of hydrogen-bond donors (Lipinski definition) is 0. The van der Waals surface area contributed by atoms with Gasteiger partial charge in [0.1, 0.15) is 11.0 Å². The predicted octanol–water partition coefficient (Wildman–Crippen LogP) is 7.55. The molecule has 0 amide bonds. The number of nitrogens with zero attached hydrogens (tertiary/aromatic N) is 3. The van der Waals surface area contributed by atoms with Crippen LogP contribution in [-0.4, -0.2) is 15.0 Å². The van der Waals surface area contributed by atoms with Gasteiger partial charge in [0, 0.05) is 10.8 Å². The zero-order valence-corrected chi connectivity index (χ0v) is 17.8. The van der Waals surface area contributed by atoms with Gasteiger partial charge in [-0.05, 0) is 44.8 Å². The molecule has 0 fully saturated rings. The van der Waals surface area contributed by atoms with Crippen LogP contribution in [0.5, 0.6) is 0 Å². The first-order chi connectivity index (χ1) is 16.4. The number of rotatable bonds is 2. The molecule has 7 aromatic rings. The van der Waals surface area contributed by atoms with Crippen molar-refractivity contribution in [2.45, 2.75) is 0 Å². The van der Waals surface area contributed by atoms with Gasteiger partial charge in [0.2, 0.25) is 0 Å². The molecule has 0 saturated heterocycles. The highest BCUT2D eigenvalue weighted by atomic mass is 15.5. The van der Waals surface area contributed by atoms with Gasteiger partial charge < -0.3 is 0 Å². The molecule has 33 heavy (non-hydrogen) atoms. The van der Waals surface area contributed by atoms with Crippen LogP contribution in [0.3, 0.4) is 0 Å². The van der Waals surface area contributed by atoms with Crippen molar-refractivity contribution in [3.63, 3.8) is 0 Å². The molecule has 3 heteroatoms. The Hall–Kier alpha value is -4.50. The van der Waals surface area contributed by atoms with Crippen molar-refractivity contribution in [1.29, 1.82) is 0 Å². The maximum Gasteiger partial charge on any atom is 0.121 e. The number of aromatic nitrogens is 3. The zero-order chi connectivity index (χ0) is 21.8. The van der Waals surface area contributed by atoms with E-state index in [0.717, 1.165) is 27.5 Å². The quantitative estimate of drug-likeness (QED) is 0.289. The summed E-state index contributed by atoms with van der Waals surface area (Å²) in [6.45, 7) is 0. The lowest BCUT2D eigenvalue weighted by molar-refractivity contribution is 0.772. The molecule has 1 heterocycles. The predicted molar refractivity (Wildman–Crippen MR) is 137 cm³/mol. The molecule has 0 spiro atoms. The van der Waals surface area contributed by atoms with Crippen LogP contribution in [0.15, 0.2) is 115 Å². The van der Waals surface area contributed by atoms with Crippen molar-refractivity contribution in [2.75, 3.05) is 0 Å². The molecular formula is C30H19N3. The third-order valence-corrected chi connectivity index (χ3v) is 6.46. The van der Waals surface area contributed by atoms with E-state index in [2.05, 4.69) is 115 Å². The van der Waals surface area contributed by atoms with Crippen molar-refractivity contribution in [2.24, 2.45) is 0 Å². The monoisotopic (exact) mass is 421 g/mol. The van der Waals surface area contributed by atoms with E-state index < -0.39 is 0 Å². The lowest BCUT2D eigenvalue weighted by atomic mass is 9.93. The van der Waals surface area contributed by atoms with E-state index in [9.17, 15) is 0 Å². The smallest absolute Gasteiger partial charge is 0.121 e. The highest BCUT2D eigenvalue weighted by Crippen LogP contribution is 2.37. The number of hydrogen-bond acceptors (Lipinski definition) is 2. The van der Waals surface area contributed by atoms with Gasteiger partial charge in [-0.1, -0.05) is 103 Å². The second-order valence-electron chi connectivity index (χ2n) is 8.35. The lowest BCUT2D eigenvalue weighted by Gasteiger charge is -2.10. The average Bonchev–Trinajstić information content (AvgIpc) is 3.32. The van der Waals surface area contributed by atoms with Crippen LogP contribution < -0.4 is 0 Å². The Morgan fingerprint density at radius 3 is 1.88 bits per heavy atom. The second-order valence-corrected chi connectivity index (χ2v) is 8.35. The van der Waals surface area contributed by atoms with Crippen LogP contribution in [0, 0.1) is 0 Å². The first kappa shape index (κ1) is 18.1. The van der Waals surface area contributed by atoms with Crippen molar-refractivity contribution in [3.05, 3.63) is 115 Å². The van der Waals surface area contributed by atoms with Gasteiger partial charge in [-0.3, -0.25) is 0 Å². The maximum absolute atomic E-state index is 4.96. The molecule has 0 atom stereocenters. The molecule has 0 N–H and O–H groups in total. The van der Waals surface area contributed by atoms with Crippen molar-refractivity contribution >= 4 is 43.4 Å². The molecule has 0 aliphatic rings. The molecular weight excluding hydrogens is 402 g/mol. The topological polar surface area (TPSA) is 30.7 Å². The second kappa shape index (κ2) is 7.01. The van der Waals surface area contributed by atoms with E-state index in [1.807, 2.05) is 0 Å². The van der Waals surface area contributed by atoms with Gasteiger partial charge in [0.05, 0.1) is 5.69 Å². The fraction of sp³-hybridized carbons (Fsp3) is 0. The Morgan fingerprint density at radius 1 is 0.455 bits per heavy atom. The molecule has 0 aliphatic carbocycles. The zero-order valence-electron chi connectivity index (χ0n) is 17.8. The summed E-state index contributed by atoms with van der Waals surface area (Å²) in [5, 5.41) is 17.0. The van der Waals surface area contributed by atoms with E-state index in [1.54, 1.807) is 4.80 Å². The fourth-order valence-electron chi connectivity index (χ4n) is 4.92. The van der Waals surface area contributed by atoms with E-state index in [0.29, 0.717) is 0 Å². The third kappa shape index (κ3) is 2.76. The Bertz CT molecular complexity index is 1820. The Kier molecular flexibility index (Phi) is 3.84. The fourth-order valence-corrected chi connectivity index (χ4v) is 4.92.